The first kappa shape index (κ1) is 7.10. The molecular formula is C10H8O2. The van der Waals surface area contributed by atoms with Crippen LogP contribution in [0.3, 0.4) is 0 Å². The molecule has 2 aromatic rings. The zero-order chi connectivity index (χ0) is 8.55. The van der Waals surface area contributed by atoms with E-state index in [1.807, 2.05) is 24.3 Å². The van der Waals surface area contributed by atoms with Gasteiger partial charge in [0, 0.05) is 12.3 Å². The van der Waals surface area contributed by atoms with Crippen molar-refractivity contribution >= 4 is 16.8 Å². The Morgan fingerprint density at radius 3 is 2.75 bits per heavy atom. The van der Waals surface area contributed by atoms with Crippen LogP contribution in [-0.4, -0.2) is 5.78 Å². The van der Waals surface area contributed by atoms with Crippen LogP contribution in [0.25, 0.3) is 11.0 Å². The Bertz CT molecular complexity index is 393. The maximum Gasteiger partial charge on any atom is 0.194 e. The van der Waals surface area contributed by atoms with Gasteiger partial charge in [-0.3, -0.25) is 4.79 Å². The van der Waals surface area contributed by atoms with Gasteiger partial charge < -0.3 is 4.42 Å². The van der Waals surface area contributed by atoms with Gasteiger partial charge in [-0.25, -0.2) is 0 Å². The number of hydrogen-bond donors (Lipinski definition) is 0. The van der Waals surface area contributed by atoms with Gasteiger partial charge in [0.1, 0.15) is 5.58 Å². The standard InChI is InChI=1S/C10H8O2/c1-7(11)10-6-8-4-2-3-5-9(8)12-10/h2-6H,1H3/i1+1. The fourth-order valence-corrected chi connectivity index (χ4v) is 1.16. The van der Waals surface area contributed by atoms with E-state index in [-0.39, 0.29) is 5.78 Å². The van der Waals surface area contributed by atoms with Crippen LogP contribution in [0, 0.1) is 0 Å². The molecule has 1 aromatic heterocycles. The van der Waals surface area contributed by atoms with Crippen LogP contribution in [0.5, 0.6) is 0 Å². The molecule has 0 radical (unpaired) electrons. The van der Waals surface area contributed by atoms with Gasteiger partial charge in [0.2, 0.25) is 0 Å². The van der Waals surface area contributed by atoms with Crippen molar-refractivity contribution in [2.24, 2.45) is 0 Å². The second-order valence-corrected chi connectivity index (χ2v) is 2.70. The quantitative estimate of drug-likeness (QED) is 0.475. The van der Waals surface area contributed by atoms with Crippen LogP contribution in [0.1, 0.15) is 17.5 Å². The van der Waals surface area contributed by atoms with Crippen LogP contribution in [0.4, 0.5) is 0 Å². The van der Waals surface area contributed by atoms with Gasteiger partial charge in [0.05, 0.1) is 0 Å². The van der Waals surface area contributed by atoms with Crippen LogP contribution in [0.2, 0.25) is 0 Å². The summed E-state index contributed by atoms with van der Waals surface area (Å²) in [7, 11) is 0. The lowest BCUT2D eigenvalue weighted by molar-refractivity contribution is 0.0989. The summed E-state index contributed by atoms with van der Waals surface area (Å²) in [6.07, 6.45) is 0. The summed E-state index contributed by atoms with van der Waals surface area (Å²) in [4.78, 5) is 10.9. The number of Topliss-reactive ketones (excluding diaryl/α,β-unsaturated/α-hetero) is 1. The van der Waals surface area contributed by atoms with E-state index in [0.29, 0.717) is 5.76 Å². The molecule has 0 saturated carbocycles. The van der Waals surface area contributed by atoms with E-state index in [0.717, 1.165) is 11.0 Å². The van der Waals surface area contributed by atoms with Gasteiger partial charge in [0.25, 0.3) is 0 Å². The molecule has 0 aliphatic rings. The van der Waals surface area contributed by atoms with Gasteiger partial charge in [-0.1, -0.05) is 18.2 Å². The van der Waals surface area contributed by atoms with E-state index in [2.05, 4.69) is 0 Å². The van der Waals surface area contributed by atoms with E-state index < -0.39 is 0 Å². The molecule has 0 atom stereocenters. The average molecular weight is 161 g/mol. The summed E-state index contributed by atoms with van der Waals surface area (Å²) in [5.41, 5.74) is 0.766. The molecule has 1 aromatic carbocycles. The molecule has 0 amide bonds. The fraction of sp³-hybridized carbons (Fsp3) is 0.100. The lowest BCUT2D eigenvalue weighted by Gasteiger charge is -1.83. The van der Waals surface area contributed by atoms with Crippen molar-refractivity contribution in [3.8, 4) is 0 Å². The summed E-state index contributed by atoms with van der Waals surface area (Å²) in [6.45, 7) is 1.50. The van der Waals surface area contributed by atoms with Gasteiger partial charge in [-0.15, -0.1) is 0 Å². The Kier molecular flexibility index (Phi) is 1.47. The third-order valence-electron chi connectivity index (χ3n) is 1.77. The molecule has 12 heavy (non-hydrogen) atoms. The van der Waals surface area contributed by atoms with Crippen LogP contribution in [0.15, 0.2) is 34.7 Å². The third-order valence-corrected chi connectivity index (χ3v) is 1.77. The molecule has 0 bridgehead atoms. The smallest absolute Gasteiger partial charge is 0.194 e. The number of ketones is 1. The van der Waals surface area contributed by atoms with E-state index >= 15 is 0 Å². The number of furan rings is 1. The van der Waals surface area contributed by atoms with Crippen molar-refractivity contribution in [1.82, 2.24) is 0 Å². The zero-order valence-electron chi connectivity index (χ0n) is 6.70. The first-order valence-corrected chi connectivity index (χ1v) is 3.77. The average Bonchev–Trinajstić information content (AvgIpc) is 2.46. The predicted octanol–water partition coefficient (Wildman–Crippen LogP) is 2.64. The summed E-state index contributed by atoms with van der Waals surface area (Å²) >= 11 is 0. The van der Waals surface area contributed by atoms with Gasteiger partial charge in [-0.05, 0) is 12.1 Å². The number of fused-ring (bicyclic) bond motifs is 1. The highest BCUT2D eigenvalue weighted by Crippen LogP contribution is 2.18. The molecule has 0 aliphatic heterocycles. The Labute approximate surface area is 69.8 Å². The van der Waals surface area contributed by atoms with Crippen LogP contribution < -0.4 is 0 Å². The van der Waals surface area contributed by atoms with E-state index in [9.17, 15) is 4.79 Å². The van der Waals surface area contributed by atoms with Crippen molar-refractivity contribution in [3.05, 3.63) is 36.1 Å². The molecular weight excluding hydrogens is 153 g/mol. The maximum absolute atomic E-state index is 10.9. The minimum absolute atomic E-state index is 0.0359. The highest BCUT2D eigenvalue weighted by Gasteiger charge is 2.05. The number of rotatable bonds is 1. The Morgan fingerprint density at radius 1 is 1.33 bits per heavy atom. The third kappa shape index (κ3) is 1.01. The largest absolute Gasteiger partial charge is 0.453 e. The van der Waals surface area contributed by atoms with Crippen LogP contribution in [-0.2, 0) is 0 Å². The fourth-order valence-electron chi connectivity index (χ4n) is 1.16. The monoisotopic (exact) mass is 161 g/mol. The molecule has 1 heterocycles. The number of hydrogen-bond acceptors (Lipinski definition) is 2. The highest BCUT2D eigenvalue weighted by molar-refractivity contribution is 5.95. The lowest BCUT2D eigenvalue weighted by atomic mass is 10.2. The van der Waals surface area contributed by atoms with Crippen molar-refractivity contribution in [2.45, 2.75) is 6.92 Å². The van der Waals surface area contributed by atoms with Crippen LogP contribution >= 0.6 is 0 Å². The second kappa shape index (κ2) is 2.48. The predicted molar refractivity (Wildman–Crippen MR) is 46.2 cm³/mol. The SMILES string of the molecule is [13CH3]C(=O)c1cc2ccccc2o1. The zero-order valence-corrected chi connectivity index (χ0v) is 6.70. The van der Waals surface area contributed by atoms with Gasteiger partial charge in [-0.2, -0.15) is 0 Å². The summed E-state index contributed by atoms with van der Waals surface area (Å²) < 4.78 is 5.28. The summed E-state index contributed by atoms with van der Waals surface area (Å²) in [6, 6.07) is 9.34. The summed E-state index contributed by atoms with van der Waals surface area (Å²) in [5.74, 6) is 0.391. The first-order valence-electron chi connectivity index (χ1n) is 3.77. The minimum Gasteiger partial charge on any atom is -0.453 e. The molecule has 60 valence electrons. The normalized spacial score (nSPS) is 10.4. The number of para-hydroxylation sites is 1. The van der Waals surface area contributed by atoms with Crippen molar-refractivity contribution in [3.63, 3.8) is 0 Å². The Balaban J connectivity index is 2.70. The molecule has 0 fully saturated rings. The number of carbonyl (C=O) groups is 1. The van der Waals surface area contributed by atoms with E-state index in [4.69, 9.17) is 4.42 Å². The van der Waals surface area contributed by atoms with Crippen molar-refractivity contribution in [1.29, 1.82) is 0 Å². The van der Waals surface area contributed by atoms with E-state index in [1.165, 1.54) is 6.92 Å². The summed E-state index contributed by atoms with van der Waals surface area (Å²) in [5, 5.41) is 0.975. The van der Waals surface area contributed by atoms with Gasteiger partial charge in [0.15, 0.2) is 11.5 Å². The molecule has 0 saturated heterocycles. The highest BCUT2D eigenvalue weighted by atomic mass is 16.3. The topological polar surface area (TPSA) is 30.2 Å². The number of benzene rings is 1. The molecule has 0 unspecified atom stereocenters. The molecule has 2 rings (SSSR count). The van der Waals surface area contributed by atoms with Crippen molar-refractivity contribution < 1.29 is 9.21 Å². The Hall–Kier alpha value is -1.57. The lowest BCUT2D eigenvalue weighted by Crippen LogP contribution is -1.85. The minimum atomic E-state index is -0.0359. The second-order valence-electron chi connectivity index (χ2n) is 2.70. The molecule has 2 heteroatoms. The molecule has 2 nitrogen and oxygen atoms in total. The first-order chi connectivity index (χ1) is 5.77. The maximum atomic E-state index is 10.9. The van der Waals surface area contributed by atoms with Gasteiger partial charge >= 0.3 is 0 Å². The molecule has 0 spiro atoms. The molecule has 0 aliphatic carbocycles. The van der Waals surface area contributed by atoms with Crippen molar-refractivity contribution in [2.75, 3.05) is 0 Å². The number of carbonyl (C=O) groups excluding carboxylic acids is 1. The Morgan fingerprint density at radius 2 is 2.08 bits per heavy atom. The molecule has 0 N–H and O–H groups in total. The van der Waals surface area contributed by atoms with E-state index in [1.54, 1.807) is 6.07 Å².